The number of hydrogen-bond acceptors (Lipinski definition) is 4. The summed E-state index contributed by atoms with van der Waals surface area (Å²) in [6, 6.07) is 3.29. The highest BCUT2D eigenvalue weighted by molar-refractivity contribution is 6.43. The lowest BCUT2D eigenvalue weighted by Gasteiger charge is -2.14. The van der Waals surface area contributed by atoms with Gasteiger partial charge in [-0.3, -0.25) is 9.59 Å². The maximum Gasteiger partial charge on any atom is 0.271 e. The molecule has 0 saturated heterocycles. The zero-order chi connectivity index (χ0) is 14.0. The SMILES string of the molecule is Cc1cc(NC(=O)C2=NNC(=O)CC2)c(C)cc1O. The van der Waals surface area contributed by atoms with E-state index >= 15 is 0 Å². The monoisotopic (exact) mass is 261 g/mol. The number of carbonyl (C=O) groups excluding carboxylic acids is 2. The highest BCUT2D eigenvalue weighted by Gasteiger charge is 2.19. The summed E-state index contributed by atoms with van der Waals surface area (Å²) in [7, 11) is 0. The van der Waals surface area contributed by atoms with E-state index in [2.05, 4.69) is 15.8 Å². The predicted molar refractivity (Wildman–Crippen MR) is 71.0 cm³/mol. The molecule has 0 spiro atoms. The second-order valence-electron chi connectivity index (χ2n) is 4.50. The van der Waals surface area contributed by atoms with Crippen molar-refractivity contribution in [2.45, 2.75) is 26.7 Å². The fourth-order valence-corrected chi connectivity index (χ4v) is 1.77. The minimum Gasteiger partial charge on any atom is -0.508 e. The largest absolute Gasteiger partial charge is 0.508 e. The molecule has 6 heteroatoms. The van der Waals surface area contributed by atoms with E-state index in [9.17, 15) is 14.7 Å². The van der Waals surface area contributed by atoms with Gasteiger partial charge in [0.25, 0.3) is 5.91 Å². The van der Waals surface area contributed by atoms with Crippen molar-refractivity contribution in [1.29, 1.82) is 0 Å². The molecular weight excluding hydrogens is 246 g/mol. The van der Waals surface area contributed by atoms with Crippen LogP contribution in [0.4, 0.5) is 5.69 Å². The van der Waals surface area contributed by atoms with Crippen molar-refractivity contribution in [3.05, 3.63) is 23.3 Å². The smallest absolute Gasteiger partial charge is 0.271 e. The maximum atomic E-state index is 12.0. The lowest BCUT2D eigenvalue weighted by molar-refractivity contribution is -0.121. The van der Waals surface area contributed by atoms with Crippen molar-refractivity contribution in [3.8, 4) is 5.75 Å². The van der Waals surface area contributed by atoms with Gasteiger partial charge in [0, 0.05) is 18.5 Å². The predicted octanol–water partition coefficient (Wildman–Crippen LogP) is 1.21. The number of aromatic hydroxyl groups is 1. The Morgan fingerprint density at radius 1 is 1.32 bits per heavy atom. The molecule has 1 aliphatic heterocycles. The average Bonchev–Trinajstić information content (AvgIpc) is 2.36. The fourth-order valence-electron chi connectivity index (χ4n) is 1.77. The molecule has 3 N–H and O–H groups in total. The third-order valence-electron chi connectivity index (χ3n) is 2.96. The molecule has 1 heterocycles. The van der Waals surface area contributed by atoms with Crippen molar-refractivity contribution in [2.75, 3.05) is 5.32 Å². The van der Waals surface area contributed by atoms with Crippen LogP contribution in [-0.2, 0) is 9.59 Å². The number of phenolic OH excluding ortho intramolecular Hbond substituents is 1. The molecule has 0 radical (unpaired) electrons. The Balaban J connectivity index is 2.15. The zero-order valence-corrected chi connectivity index (χ0v) is 10.8. The fraction of sp³-hybridized carbons (Fsp3) is 0.308. The highest BCUT2D eigenvalue weighted by atomic mass is 16.3. The number of carbonyl (C=O) groups is 2. The number of anilines is 1. The normalized spacial score (nSPS) is 14.6. The van der Waals surface area contributed by atoms with Crippen LogP contribution in [0.25, 0.3) is 0 Å². The van der Waals surface area contributed by atoms with E-state index in [-0.39, 0.29) is 24.0 Å². The third-order valence-corrected chi connectivity index (χ3v) is 2.96. The second kappa shape index (κ2) is 5.09. The number of hydrazone groups is 1. The van der Waals surface area contributed by atoms with Crippen LogP contribution in [0.5, 0.6) is 5.75 Å². The molecule has 0 aromatic heterocycles. The van der Waals surface area contributed by atoms with E-state index in [1.54, 1.807) is 26.0 Å². The van der Waals surface area contributed by atoms with Crippen LogP contribution in [-0.4, -0.2) is 22.6 Å². The summed E-state index contributed by atoms with van der Waals surface area (Å²) in [5, 5.41) is 16.0. The van der Waals surface area contributed by atoms with Crippen molar-refractivity contribution < 1.29 is 14.7 Å². The minimum atomic E-state index is -0.340. The van der Waals surface area contributed by atoms with E-state index < -0.39 is 0 Å². The summed E-state index contributed by atoms with van der Waals surface area (Å²) in [6.45, 7) is 3.54. The first-order valence-electron chi connectivity index (χ1n) is 5.94. The molecule has 0 atom stereocenters. The Morgan fingerprint density at radius 2 is 2.05 bits per heavy atom. The van der Waals surface area contributed by atoms with Crippen LogP contribution in [0.1, 0.15) is 24.0 Å². The number of rotatable bonds is 2. The van der Waals surface area contributed by atoms with Gasteiger partial charge in [-0.2, -0.15) is 5.10 Å². The summed E-state index contributed by atoms with van der Waals surface area (Å²) in [5.41, 5.74) is 4.64. The topological polar surface area (TPSA) is 90.8 Å². The first-order chi connectivity index (χ1) is 8.97. The Morgan fingerprint density at radius 3 is 2.68 bits per heavy atom. The molecule has 2 rings (SSSR count). The van der Waals surface area contributed by atoms with Crippen molar-refractivity contribution >= 4 is 23.2 Å². The van der Waals surface area contributed by atoms with Gasteiger partial charge < -0.3 is 10.4 Å². The van der Waals surface area contributed by atoms with E-state index in [4.69, 9.17) is 0 Å². The van der Waals surface area contributed by atoms with Gasteiger partial charge in [0.1, 0.15) is 11.5 Å². The molecule has 0 unspecified atom stereocenters. The molecule has 1 aromatic rings. The molecule has 2 amide bonds. The quantitative estimate of drug-likeness (QED) is 0.699. The van der Waals surface area contributed by atoms with Gasteiger partial charge >= 0.3 is 0 Å². The first kappa shape index (κ1) is 13.1. The van der Waals surface area contributed by atoms with Gasteiger partial charge in [-0.05, 0) is 37.1 Å². The van der Waals surface area contributed by atoms with Crippen LogP contribution in [0, 0.1) is 13.8 Å². The van der Waals surface area contributed by atoms with Crippen LogP contribution in [0.15, 0.2) is 17.2 Å². The Bertz CT molecular complexity index is 579. The standard InChI is InChI=1S/C13H15N3O3/c1-7-6-11(17)8(2)5-10(7)14-13(19)9-3-4-12(18)16-15-9/h5-6,17H,3-4H2,1-2H3,(H,14,19)(H,16,18). The van der Waals surface area contributed by atoms with Gasteiger partial charge in [0.05, 0.1) is 0 Å². The van der Waals surface area contributed by atoms with Crippen LogP contribution in [0.2, 0.25) is 0 Å². The van der Waals surface area contributed by atoms with Gasteiger partial charge in [0.15, 0.2) is 0 Å². The highest BCUT2D eigenvalue weighted by Crippen LogP contribution is 2.25. The van der Waals surface area contributed by atoms with Gasteiger partial charge in [-0.15, -0.1) is 0 Å². The first-order valence-corrected chi connectivity index (χ1v) is 5.94. The average molecular weight is 261 g/mol. The number of hydrogen-bond donors (Lipinski definition) is 3. The van der Waals surface area contributed by atoms with Gasteiger partial charge in [-0.1, -0.05) is 0 Å². The zero-order valence-electron chi connectivity index (χ0n) is 10.8. The summed E-state index contributed by atoms with van der Waals surface area (Å²) in [6.07, 6.45) is 0.591. The lowest BCUT2D eigenvalue weighted by atomic mass is 10.1. The summed E-state index contributed by atoms with van der Waals surface area (Å²) in [4.78, 5) is 22.9. The molecule has 1 aromatic carbocycles. The molecular formula is C13H15N3O3. The number of aryl methyl sites for hydroxylation is 2. The molecule has 0 saturated carbocycles. The number of amides is 2. The van der Waals surface area contributed by atoms with Crippen molar-refractivity contribution in [3.63, 3.8) is 0 Å². The number of phenols is 1. The molecule has 0 bridgehead atoms. The van der Waals surface area contributed by atoms with Crippen LogP contribution >= 0.6 is 0 Å². The molecule has 0 aliphatic carbocycles. The molecule has 0 fully saturated rings. The summed E-state index contributed by atoms with van der Waals surface area (Å²) < 4.78 is 0. The van der Waals surface area contributed by atoms with Crippen LogP contribution < -0.4 is 10.7 Å². The molecule has 100 valence electrons. The molecule has 6 nitrogen and oxygen atoms in total. The van der Waals surface area contributed by atoms with E-state index in [1.165, 1.54) is 0 Å². The van der Waals surface area contributed by atoms with Crippen molar-refractivity contribution in [2.24, 2.45) is 5.10 Å². The maximum absolute atomic E-state index is 12.0. The van der Waals surface area contributed by atoms with E-state index in [1.807, 2.05) is 0 Å². The van der Waals surface area contributed by atoms with E-state index in [0.29, 0.717) is 23.4 Å². The third kappa shape index (κ3) is 2.90. The summed E-state index contributed by atoms with van der Waals surface area (Å²) in [5.74, 6) is -0.334. The summed E-state index contributed by atoms with van der Waals surface area (Å²) >= 11 is 0. The number of nitrogens with zero attached hydrogens (tertiary/aromatic N) is 1. The molecule has 19 heavy (non-hydrogen) atoms. The second-order valence-corrected chi connectivity index (χ2v) is 4.50. The van der Waals surface area contributed by atoms with Gasteiger partial charge in [-0.25, -0.2) is 5.43 Å². The number of nitrogens with one attached hydrogen (secondary N) is 2. The molecule has 1 aliphatic rings. The Labute approximate surface area is 110 Å². The van der Waals surface area contributed by atoms with Gasteiger partial charge in [0.2, 0.25) is 5.91 Å². The number of benzene rings is 1. The minimum absolute atomic E-state index is 0.187. The Kier molecular flexibility index (Phi) is 3.50. The van der Waals surface area contributed by atoms with Crippen molar-refractivity contribution in [1.82, 2.24) is 5.43 Å². The lowest BCUT2D eigenvalue weighted by Crippen LogP contribution is -2.32. The Hall–Kier alpha value is -2.37. The van der Waals surface area contributed by atoms with E-state index in [0.717, 1.165) is 5.56 Å². The van der Waals surface area contributed by atoms with Crippen LogP contribution in [0.3, 0.4) is 0 Å².